The van der Waals surface area contributed by atoms with Crippen LogP contribution in [-0.2, 0) is 13.1 Å². The third-order valence-electron chi connectivity index (χ3n) is 7.14. The van der Waals surface area contributed by atoms with E-state index in [1.54, 1.807) is 6.07 Å². The van der Waals surface area contributed by atoms with E-state index >= 15 is 0 Å². The Morgan fingerprint density at radius 1 is 0.921 bits per heavy atom. The van der Waals surface area contributed by atoms with Gasteiger partial charge < -0.3 is 14.8 Å². The minimum atomic E-state index is -0.950. The number of nitrogens with one attached hydrogen (secondary N) is 1. The van der Waals surface area contributed by atoms with Gasteiger partial charge in [0.25, 0.3) is 11.8 Å². The summed E-state index contributed by atoms with van der Waals surface area (Å²) in [7, 11) is 0. The van der Waals surface area contributed by atoms with Crippen molar-refractivity contribution in [2.45, 2.75) is 45.7 Å². The van der Waals surface area contributed by atoms with Gasteiger partial charge in [0.2, 0.25) is 0 Å². The molecule has 2 heterocycles. The molecule has 5 rings (SSSR count). The number of benzene rings is 3. The quantitative estimate of drug-likeness (QED) is 0.304. The number of rotatable bonds is 7. The van der Waals surface area contributed by atoms with E-state index in [0.29, 0.717) is 23.2 Å². The standard InChI is InChI=1S/C31H31F2N3O2.H2/c1-20(2)29-28(30(37)34-18-22-10-13-25(32)26(33)16-22)24-12-11-23(31(38)35-14-6-7-15-35)17-27(24)36(29)19-21-8-4-3-5-9-21;/h3-5,8-13,16-17,20H,6-7,14-15,18-19H2,1-2H3,(H,34,37);1H. The van der Waals surface area contributed by atoms with Crippen molar-refractivity contribution in [2.24, 2.45) is 0 Å². The number of amides is 2. The van der Waals surface area contributed by atoms with Crippen LogP contribution in [0.1, 0.15) is 71.6 Å². The maximum Gasteiger partial charge on any atom is 0.254 e. The number of aromatic nitrogens is 1. The first-order valence-corrected chi connectivity index (χ1v) is 13.0. The number of likely N-dealkylation sites (tertiary alicyclic amines) is 1. The first-order valence-electron chi connectivity index (χ1n) is 13.0. The number of hydrogen-bond acceptors (Lipinski definition) is 2. The van der Waals surface area contributed by atoms with Gasteiger partial charge in [0.15, 0.2) is 11.6 Å². The first-order chi connectivity index (χ1) is 18.3. The highest BCUT2D eigenvalue weighted by atomic mass is 19.2. The second-order valence-electron chi connectivity index (χ2n) is 10.1. The van der Waals surface area contributed by atoms with Crippen LogP contribution in [0.2, 0.25) is 0 Å². The van der Waals surface area contributed by atoms with Gasteiger partial charge in [-0.1, -0.05) is 56.3 Å². The van der Waals surface area contributed by atoms with E-state index in [0.717, 1.165) is 60.2 Å². The molecule has 1 aliphatic heterocycles. The average molecular weight is 518 g/mol. The van der Waals surface area contributed by atoms with Crippen molar-refractivity contribution in [1.82, 2.24) is 14.8 Å². The summed E-state index contributed by atoms with van der Waals surface area (Å²) in [6.07, 6.45) is 2.02. The number of halogens is 2. The molecule has 1 aliphatic rings. The van der Waals surface area contributed by atoms with E-state index in [4.69, 9.17) is 0 Å². The third-order valence-corrected chi connectivity index (χ3v) is 7.14. The Bertz CT molecular complexity index is 1490. The summed E-state index contributed by atoms with van der Waals surface area (Å²) in [5.74, 6) is -2.16. The Morgan fingerprint density at radius 2 is 1.66 bits per heavy atom. The van der Waals surface area contributed by atoms with E-state index in [2.05, 4.69) is 9.88 Å². The minimum absolute atomic E-state index is 0. The van der Waals surface area contributed by atoms with Crippen LogP contribution in [0.5, 0.6) is 0 Å². The van der Waals surface area contributed by atoms with Gasteiger partial charge >= 0.3 is 0 Å². The second-order valence-corrected chi connectivity index (χ2v) is 10.1. The Labute approximate surface area is 222 Å². The van der Waals surface area contributed by atoms with Crippen molar-refractivity contribution in [2.75, 3.05) is 13.1 Å². The Hall–Kier alpha value is -4.00. The summed E-state index contributed by atoms with van der Waals surface area (Å²) in [6, 6.07) is 19.2. The van der Waals surface area contributed by atoms with E-state index in [9.17, 15) is 18.4 Å². The third kappa shape index (κ3) is 5.05. The molecule has 0 saturated carbocycles. The monoisotopic (exact) mass is 517 g/mol. The van der Waals surface area contributed by atoms with Gasteiger partial charge in [0.1, 0.15) is 0 Å². The Kier molecular flexibility index (Phi) is 7.27. The minimum Gasteiger partial charge on any atom is -0.348 e. The zero-order chi connectivity index (χ0) is 26.8. The zero-order valence-electron chi connectivity index (χ0n) is 21.6. The number of carbonyl (C=O) groups is 2. The molecule has 1 N–H and O–H groups in total. The van der Waals surface area contributed by atoms with Crippen LogP contribution in [0.3, 0.4) is 0 Å². The van der Waals surface area contributed by atoms with E-state index in [1.165, 1.54) is 6.07 Å². The van der Waals surface area contributed by atoms with E-state index in [1.807, 2.05) is 61.2 Å². The fraction of sp³-hybridized carbons (Fsp3) is 0.290. The van der Waals surface area contributed by atoms with E-state index in [-0.39, 0.29) is 25.7 Å². The van der Waals surface area contributed by atoms with Crippen LogP contribution in [0.4, 0.5) is 8.78 Å². The lowest BCUT2D eigenvalue weighted by Gasteiger charge is -2.17. The molecular formula is C31H33F2N3O2. The Balaban J connectivity index is 0.00000353. The molecule has 1 saturated heterocycles. The lowest BCUT2D eigenvalue weighted by Crippen LogP contribution is -2.27. The van der Waals surface area contributed by atoms with Crippen molar-refractivity contribution in [3.8, 4) is 0 Å². The lowest BCUT2D eigenvalue weighted by molar-refractivity contribution is 0.0792. The van der Waals surface area contributed by atoms with E-state index < -0.39 is 11.6 Å². The number of nitrogens with zero attached hydrogens (tertiary/aromatic N) is 2. The van der Waals surface area contributed by atoms with Crippen LogP contribution in [-0.4, -0.2) is 34.4 Å². The smallest absolute Gasteiger partial charge is 0.254 e. The van der Waals surface area contributed by atoms with Crippen molar-refractivity contribution in [3.63, 3.8) is 0 Å². The summed E-state index contributed by atoms with van der Waals surface area (Å²) >= 11 is 0. The van der Waals surface area contributed by atoms with Gasteiger partial charge in [-0.2, -0.15) is 0 Å². The molecule has 0 aliphatic carbocycles. The predicted molar refractivity (Wildman–Crippen MR) is 146 cm³/mol. The molecule has 0 bridgehead atoms. The molecule has 198 valence electrons. The maximum absolute atomic E-state index is 13.7. The normalized spacial score (nSPS) is 13.4. The van der Waals surface area contributed by atoms with Crippen molar-refractivity contribution >= 4 is 22.7 Å². The molecule has 1 fully saturated rings. The fourth-order valence-electron chi connectivity index (χ4n) is 5.30. The van der Waals surface area contributed by atoms with Gasteiger partial charge in [-0.05, 0) is 54.2 Å². The molecular weight excluding hydrogens is 484 g/mol. The van der Waals surface area contributed by atoms with Crippen molar-refractivity contribution in [3.05, 3.63) is 106 Å². The highest BCUT2D eigenvalue weighted by molar-refractivity contribution is 6.10. The molecule has 4 aromatic rings. The van der Waals surface area contributed by atoms with Crippen molar-refractivity contribution in [1.29, 1.82) is 0 Å². The lowest BCUT2D eigenvalue weighted by atomic mass is 10.0. The highest BCUT2D eigenvalue weighted by Gasteiger charge is 2.27. The molecule has 1 aromatic heterocycles. The van der Waals surface area contributed by atoms with Crippen LogP contribution >= 0.6 is 0 Å². The average Bonchev–Trinajstić information content (AvgIpc) is 3.56. The number of fused-ring (bicyclic) bond motifs is 1. The highest BCUT2D eigenvalue weighted by Crippen LogP contribution is 2.33. The molecule has 0 unspecified atom stereocenters. The molecule has 0 atom stereocenters. The molecule has 2 amide bonds. The largest absolute Gasteiger partial charge is 0.348 e. The topological polar surface area (TPSA) is 54.3 Å². The zero-order valence-corrected chi connectivity index (χ0v) is 21.6. The fourth-order valence-corrected chi connectivity index (χ4v) is 5.30. The summed E-state index contributed by atoms with van der Waals surface area (Å²) in [4.78, 5) is 28.7. The van der Waals surface area contributed by atoms with Crippen LogP contribution < -0.4 is 5.32 Å². The molecule has 0 radical (unpaired) electrons. The summed E-state index contributed by atoms with van der Waals surface area (Å²) < 4.78 is 29.2. The predicted octanol–water partition coefficient (Wildman–Crippen LogP) is 6.50. The van der Waals surface area contributed by atoms with Gasteiger partial charge in [-0.3, -0.25) is 9.59 Å². The summed E-state index contributed by atoms with van der Waals surface area (Å²) in [6.45, 7) is 6.21. The number of carbonyl (C=O) groups excluding carboxylic acids is 2. The first kappa shape index (κ1) is 25.6. The molecule has 5 nitrogen and oxygen atoms in total. The maximum atomic E-state index is 13.7. The molecule has 7 heteroatoms. The van der Waals surface area contributed by atoms with Crippen LogP contribution in [0, 0.1) is 11.6 Å². The summed E-state index contributed by atoms with van der Waals surface area (Å²) in [5, 5.41) is 3.65. The second kappa shape index (κ2) is 10.8. The SMILES string of the molecule is CC(C)c1c(C(=O)NCc2ccc(F)c(F)c2)c2ccc(C(=O)N3CCCC3)cc2n1Cc1ccccc1.[HH]. The molecule has 0 spiro atoms. The van der Waals surface area contributed by atoms with Crippen LogP contribution in [0.15, 0.2) is 66.7 Å². The Morgan fingerprint density at radius 3 is 2.34 bits per heavy atom. The molecule has 3 aromatic carbocycles. The van der Waals surface area contributed by atoms with Crippen LogP contribution in [0.25, 0.3) is 10.9 Å². The number of hydrogen-bond donors (Lipinski definition) is 1. The van der Waals surface area contributed by atoms with Gasteiger partial charge in [0, 0.05) is 44.2 Å². The van der Waals surface area contributed by atoms with Gasteiger partial charge in [-0.25, -0.2) is 8.78 Å². The van der Waals surface area contributed by atoms with Gasteiger partial charge in [-0.15, -0.1) is 0 Å². The van der Waals surface area contributed by atoms with Crippen molar-refractivity contribution < 1.29 is 19.8 Å². The van der Waals surface area contributed by atoms with Gasteiger partial charge in [0.05, 0.1) is 11.1 Å². The summed E-state index contributed by atoms with van der Waals surface area (Å²) in [5.41, 5.74) is 4.37. The molecule has 38 heavy (non-hydrogen) atoms.